The van der Waals surface area contributed by atoms with E-state index >= 15 is 0 Å². The molecule has 1 aromatic heterocycles. The Bertz CT molecular complexity index is 755. The Morgan fingerprint density at radius 2 is 1.93 bits per heavy atom. The van der Waals surface area contributed by atoms with Gasteiger partial charge in [-0.05, 0) is 36.8 Å². The van der Waals surface area contributed by atoms with Crippen LogP contribution in [0.5, 0.6) is 0 Å². The maximum atomic E-state index is 12.8. The van der Waals surface area contributed by atoms with E-state index in [4.69, 9.17) is 0 Å². The molecular weight excluding hydrogens is 495 g/mol. The maximum Gasteiger partial charge on any atom is 0.252 e. The number of guanidine groups is 1. The van der Waals surface area contributed by atoms with Crippen molar-refractivity contribution in [1.82, 2.24) is 14.5 Å². The number of likely N-dealkylation sites (tertiary alicyclic amines) is 1. The topological polar surface area (TPSA) is 65.0 Å². The van der Waals surface area contributed by atoms with Crippen LogP contribution in [0.4, 0.5) is 0 Å². The third kappa shape index (κ3) is 5.57. The summed E-state index contributed by atoms with van der Waals surface area (Å²) in [5.74, 6) is 0.893. The lowest BCUT2D eigenvalue weighted by Crippen LogP contribution is -2.40. The lowest BCUT2D eigenvalue weighted by Gasteiger charge is -2.25. The predicted molar refractivity (Wildman–Crippen MR) is 123 cm³/mol. The van der Waals surface area contributed by atoms with E-state index in [2.05, 4.69) is 29.1 Å². The Morgan fingerprint density at radius 1 is 1.22 bits per heavy atom. The molecule has 0 atom stereocenters. The highest BCUT2D eigenvalue weighted by Gasteiger charge is 2.31. The Morgan fingerprint density at radius 3 is 2.52 bits per heavy atom. The number of sulfonamides is 1. The summed E-state index contributed by atoms with van der Waals surface area (Å²) >= 11 is 1.36. The molecular formula is C18H31IN4O2S2. The summed E-state index contributed by atoms with van der Waals surface area (Å²) in [4.78, 5) is 7.68. The first-order valence-corrected chi connectivity index (χ1v) is 11.6. The molecule has 0 unspecified atom stereocenters. The van der Waals surface area contributed by atoms with Crippen LogP contribution in [0.3, 0.4) is 0 Å². The molecule has 2 fully saturated rings. The van der Waals surface area contributed by atoms with E-state index in [1.807, 2.05) is 6.07 Å². The van der Waals surface area contributed by atoms with Crippen molar-refractivity contribution in [3.8, 4) is 0 Å². The van der Waals surface area contributed by atoms with Crippen molar-refractivity contribution >= 4 is 51.3 Å². The molecule has 0 amide bonds. The monoisotopic (exact) mass is 526 g/mol. The number of nitrogens with one attached hydrogen (secondary N) is 1. The van der Waals surface area contributed by atoms with Gasteiger partial charge < -0.3 is 10.2 Å². The van der Waals surface area contributed by atoms with Crippen LogP contribution in [0.1, 0.15) is 44.4 Å². The first-order chi connectivity index (χ1) is 12.3. The normalized spacial score (nSPS) is 21.1. The van der Waals surface area contributed by atoms with Crippen molar-refractivity contribution < 1.29 is 8.42 Å². The fourth-order valence-electron chi connectivity index (χ4n) is 3.62. The van der Waals surface area contributed by atoms with Gasteiger partial charge in [0.05, 0.1) is 6.54 Å². The van der Waals surface area contributed by atoms with Gasteiger partial charge in [0.15, 0.2) is 5.96 Å². The largest absolute Gasteiger partial charge is 0.351 e. The van der Waals surface area contributed by atoms with Gasteiger partial charge in [-0.1, -0.05) is 20.3 Å². The number of nitrogens with zero attached hydrogens (tertiary/aromatic N) is 3. The Labute approximate surface area is 184 Å². The third-order valence-corrected chi connectivity index (χ3v) is 8.61. The van der Waals surface area contributed by atoms with Crippen LogP contribution < -0.4 is 5.32 Å². The SMILES string of the molecule is CN=C(NCc1ccc(S(=O)(=O)N2CCCCC2)s1)N1CCC(C)(C)C1.I. The summed E-state index contributed by atoms with van der Waals surface area (Å²) < 4.78 is 27.6. The fraction of sp³-hybridized carbons (Fsp3) is 0.722. The number of piperidine rings is 1. The van der Waals surface area contributed by atoms with Crippen LogP contribution in [-0.4, -0.2) is 56.8 Å². The second kappa shape index (κ2) is 9.41. The third-order valence-electron chi connectivity index (χ3n) is 5.16. The van der Waals surface area contributed by atoms with Gasteiger partial charge in [-0.2, -0.15) is 4.31 Å². The molecule has 0 aromatic carbocycles. The summed E-state index contributed by atoms with van der Waals surface area (Å²) in [6.45, 7) is 8.44. The van der Waals surface area contributed by atoms with Crippen molar-refractivity contribution in [3.63, 3.8) is 0 Å². The summed E-state index contributed by atoms with van der Waals surface area (Å²) in [6, 6.07) is 3.66. The number of halogens is 1. The van der Waals surface area contributed by atoms with Gasteiger partial charge in [0.1, 0.15) is 4.21 Å². The van der Waals surface area contributed by atoms with Gasteiger partial charge in [-0.15, -0.1) is 35.3 Å². The average molecular weight is 527 g/mol. The Hall–Kier alpha value is -0.390. The molecule has 2 aliphatic heterocycles. The first kappa shape index (κ1) is 22.9. The van der Waals surface area contributed by atoms with Crippen molar-refractivity contribution in [2.24, 2.45) is 10.4 Å². The molecule has 9 heteroatoms. The zero-order chi connectivity index (χ0) is 18.8. The second-order valence-electron chi connectivity index (χ2n) is 7.92. The first-order valence-electron chi connectivity index (χ1n) is 9.36. The molecule has 0 spiro atoms. The van der Waals surface area contributed by atoms with E-state index in [1.54, 1.807) is 17.4 Å². The molecule has 2 saturated heterocycles. The van der Waals surface area contributed by atoms with Crippen LogP contribution in [-0.2, 0) is 16.6 Å². The highest BCUT2D eigenvalue weighted by molar-refractivity contribution is 14.0. The summed E-state index contributed by atoms with van der Waals surface area (Å²) in [5, 5.41) is 3.39. The van der Waals surface area contributed by atoms with Crippen LogP contribution in [0, 0.1) is 5.41 Å². The second-order valence-corrected chi connectivity index (χ2v) is 11.3. The molecule has 1 N–H and O–H groups in total. The van der Waals surface area contributed by atoms with Gasteiger partial charge in [-0.3, -0.25) is 4.99 Å². The number of hydrogen-bond acceptors (Lipinski definition) is 4. The van der Waals surface area contributed by atoms with E-state index in [0.717, 1.165) is 49.6 Å². The Balaban J connectivity index is 0.00000261. The molecule has 154 valence electrons. The van der Waals surface area contributed by atoms with Crippen molar-refractivity contribution in [3.05, 3.63) is 17.0 Å². The van der Waals surface area contributed by atoms with Gasteiger partial charge >= 0.3 is 0 Å². The highest BCUT2D eigenvalue weighted by atomic mass is 127. The van der Waals surface area contributed by atoms with Crippen molar-refractivity contribution in [2.75, 3.05) is 33.2 Å². The minimum absolute atomic E-state index is 0. The lowest BCUT2D eigenvalue weighted by molar-refractivity contribution is 0.347. The summed E-state index contributed by atoms with van der Waals surface area (Å²) in [5.41, 5.74) is 0.316. The van der Waals surface area contributed by atoms with Gasteiger partial charge in [0.25, 0.3) is 10.0 Å². The smallest absolute Gasteiger partial charge is 0.252 e. The molecule has 0 radical (unpaired) electrons. The number of hydrogen-bond donors (Lipinski definition) is 1. The molecule has 0 aliphatic carbocycles. The minimum atomic E-state index is -3.33. The molecule has 2 aliphatic rings. The lowest BCUT2D eigenvalue weighted by atomic mass is 9.93. The number of thiophene rings is 1. The van der Waals surface area contributed by atoms with E-state index < -0.39 is 10.0 Å². The molecule has 0 bridgehead atoms. The highest BCUT2D eigenvalue weighted by Crippen LogP contribution is 2.29. The van der Waals surface area contributed by atoms with Crippen LogP contribution >= 0.6 is 35.3 Å². The van der Waals surface area contributed by atoms with E-state index in [-0.39, 0.29) is 24.0 Å². The number of rotatable bonds is 4. The average Bonchev–Trinajstić information content (AvgIpc) is 3.23. The van der Waals surface area contributed by atoms with E-state index in [9.17, 15) is 8.42 Å². The van der Waals surface area contributed by atoms with Crippen molar-refractivity contribution in [1.29, 1.82) is 0 Å². The molecule has 3 rings (SSSR count). The van der Waals surface area contributed by atoms with Crippen LogP contribution in [0.15, 0.2) is 21.3 Å². The molecule has 27 heavy (non-hydrogen) atoms. The van der Waals surface area contributed by atoms with E-state index in [0.29, 0.717) is 29.3 Å². The zero-order valence-corrected chi connectivity index (χ0v) is 20.4. The van der Waals surface area contributed by atoms with Gasteiger partial charge in [-0.25, -0.2) is 8.42 Å². The predicted octanol–water partition coefficient (Wildman–Crippen LogP) is 3.35. The summed E-state index contributed by atoms with van der Waals surface area (Å²) in [6.07, 6.45) is 4.20. The fourth-order valence-corrected chi connectivity index (χ4v) is 6.58. The zero-order valence-electron chi connectivity index (χ0n) is 16.4. The molecule has 6 nitrogen and oxygen atoms in total. The quantitative estimate of drug-likeness (QED) is 0.372. The van der Waals surface area contributed by atoms with Crippen LogP contribution in [0.25, 0.3) is 0 Å². The Kier molecular flexibility index (Phi) is 7.98. The standard InChI is InChI=1S/C18H30N4O2S2.HI/c1-18(2)9-12-21(14-18)17(19-3)20-13-15-7-8-16(25-15)26(23,24)22-10-5-4-6-11-22;/h7-8H,4-6,9-14H2,1-3H3,(H,19,20);1H. The number of aliphatic imine (C=N–C) groups is 1. The molecule has 0 saturated carbocycles. The van der Waals surface area contributed by atoms with Crippen molar-refractivity contribution in [2.45, 2.75) is 50.3 Å². The molecule has 3 heterocycles. The van der Waals surface area contributed by atoms with Gasteiger partial charge in [0, 0.05) is 38.1 Å². The van der Waals surface area contributed by atoms with Gasteiger partial charge in [0.2, 0.25) is 0 Å². The minimum Gasteiger partial charge on any atom is -0.351 e. The molecule has 1 aromatic rings. The summed E-state index contributed by atoms with van der Waals surface area (Å²) in [7, 11) is -1.53. The maximum absolute atomic E-state index is 12.8. The van der Waals surface area contributed by atoms with Crippen LogP contribution in [0.2, 0.25) is 0 Å². The van der Waals surface area contributed by atoms with E-state index in [1.165, 1.54) is 11.3 Å².